The zero-order chi connectivity index (χ0) is 23.0. The van der Waals surface area contributed by atoms with Gasteiger partial charge in [0, 0.05) is 42.2 Å². The maximum atomic E-state index is 12.7. The highest BCUT2D eigenvalue weighted by Gasteiger charge is 2.20. The van der Waals surface area contributed by atoms with E-state index in [0.29, 0.717) is 24.4 Å². The summed E-state index contributed by atoms with van der Waals surface area (Å²) in [4.78, 5) is 40.4. The third-order valence-electron chi connectivity index (χ3n) is 5.52. The van der Waals surface area contributed by atoms with Crippen molar-refractivity contribution in [2.45, 2.75) is 38.1 Å². The number of pyridine rings is 1. The van der Waals surface area contributed by atoms with Gasteiger partial charge in [-0.3, -0.25) is 14.6 Å². The summed E-state index contributed by atoms with van der Waals surface area (Å²) < 4.78 is 0. The first kappa shape index (κ1) is 22.6. The van der Waals surface area contributed by atoms with Crippen LogP contribution in [0, 0.1) is 0 Å². The average molecular weight is 463 g/mol. The van der Waals surface area contributed by atoms with Crippen molar-refractivity contribution in [3.8, 4) is 11.3 Å². The number of aromatic nitrogens is 4. The van der Waals surface area contributed by atoms with Gasteiger partial charge in [-0.25, -0.2) is 9.97 Å². The van der Waals surface area contributed by atoms with E-state index in [-0.39, 0.29) is 17.9 Å². The minimum Gasteiger partial charge on any atom is -0.359 e. The van der Waals surface area contributed by atoms with Gasteiger partial charge in [0.25, 0.3) is 5.91 Å². The molecule has 1 aromatic carbocycles. The first-order chi connectivity index (χ1) is 16.1. The number of rotatable bonds is 10. The van der Waals surface area contributed by atoms with E-state index in [4.69, 9.17) is 0 Å². The smallest absolute Gasteiger partial charge is 0.271 e. The normalized spacial score (nSPS) is 11.9. The van der Waals surface area contributed by atoms with E-state index < -0.39 is 0 Å². The molecule has 33 heavy (non-hydrogen) atoms. The molecule has 0 bridgehead atoms. The zero-order valence-electron chi connectivity index (χ0n) is 18.4. The highest BCUT2D eigenvalue weighted by Crippen LogP contribution is 2.25. The first-order valence-corrected chi connectivity index (χ1v) is 11.9. The van der Waals surface area contributed by atoms with Gasteiger partial charge in [-0.1, -0.05) is 25.0 Å². The molecule has 8 nitrogen and oxygen atoms in total. The molecule has 1 atom stereocenters. The van der Waals surface area contributed by atoms with Crippen LogP contribution in [-0.2, 0) is 4.79 Å². The van der Waals surface area contributed by atoms with E-state index in [1.54, 1.807) is 30.3 Å². The number of thiazole rings is 1. The molecule has 2 amide bonds. The van der Waals surface area contributed by atoms with Crippen molar-refractivity contribution in [3.05, 3.63) is 65.3 Å². The minimum absolute atomic E-state index is 0.0460. The molecular formula is C24H26N6O2S. The van der Waals surface area contributed by atoms with Gasteiger partial charge in [-0.05, 0) is 30.4 Å². The summed E-state index contributed by atoms with van der Waals surface area (Å²) in [7, 11) is 1.65. The number of unbranched alkanes of at least 4 members (excludes halogenated alkanes) is 2. The van der Waals surface area contributed by atoms with Crippen molar-refractivity contribution in [1.29, 1.82) is 0 Å². The van der Waals surface area contributed by atoms with Gasteiger partial charge in [-0.2, -0.15) is 0 Å². The van der Waals surface area contributed by atoms with Crippen molar-refractivity contribution in [2.24, 2.45) is 0 Å². The molecule has 170 valence electrons. The standard InChI is InChI=1S/C24H26N6O2S/c1-25-22(31)6-4-2-3-5-19(30-24(32)21-14-33-15-28-21)23-27-13-20(29-23)17-8-7-16-9-10-26-12-18(16)11-17/h7-15,19H,2-6H2,1H3,(H,25,31)(H,27,29)(H,30,32)/t19-/m0/s1. The van der Waals surface area contributed by atoms with Crippen LogP contribution in [0.25, 0.3) is 22.0 Å². The van der Waals surface area contributed by atoms with Gasteiger partial charge in [0.2, 0.25) is 5.91 Å². The molecule has 9 heteroatoms. The fourth-order valence-corrected chi connectivity index (χ4v) is 4.21. The Hall–Kier alpha value is -3.59. The molecule has 0 spiro atoms. The third-order valence-corrected chi connectivity index (χ3v) is 6.11. The number of nitrogens with one attached hydrogen (secondary N) is 3. The van der Waals surface area contributed by atoms with Crippen LogP contribution in [0.5, 0.6) is 0 Å². The van der Waals surface area contributed by atoms with Gasteiger partial charge >= 0.3 is 0 Å². The second kappa shape index (κ2) is 10.8. The number of benzene rings is 1. The maximum absolute atomic E-state index is 12.7. The fraction of sp³-hybridized carbons (Fsp3) is 0.292. The van der Waals surface area contributed by atoms with Crippen LogP contribution in [0.2, 0.25) is 0 Å². The van der Waals surface area contributed by atoms with E-state index in [1.807, 2.05) is 18.3 Å². The highest BCUT2D eigenvalue weighted by molar-refractivity contribution is 7.07. The monoisotopic (exact) mass is 462 g/mol. The van der Waals surface area contributed by atoms with E-state index in [9.17, 15) is 9.59 Å². The molecule has 4 aromatic rings. The van der Waals surface area contributed by atoms with Crippen LogP contribution in [0.3, 0.4) is 0 Å². The lowest BCUT2D eigenvalue weighted by molar-refractivity contribution is -0.120. The molecule has 3 N–H and O–H groups in total. The first-order valence-electron chi connectivity index (χ1n) is 10.9. The Kier molecular flexibility index (Phi) is 7.41. The lowest BCUT2D eigenvalue weighted by Crippen LogP contribution is -2.29. The Morgan fingerprint density at radius 1 is 1.09 bits per heavy atom. The van der Waals surface area contributed by atoms with E-state index in [1.165, 1.54) is 11.3 Å². The molecule has 0 unspecified atom stereocenters. The Labute approximate surface area is 195 Å². The van der Waals surface area contributed by atoms with Crippen molar-refractivity contribution in [2.75, 3.05) is 7.05 Å². The third kappa shape index (κ3) is 5.81. The number of imidazole rings is 1. The van der Waals surface area contributed by atoms with Gasteiger partial charge in [-0.15, -0.1) is 11.3 Å². The number of carbonyl (C=O) groups excluding carboxylic acids is 2. The number of aromatic amines is 1. The lowest BCUT2D eigenvalue weighted by atomic mass is 10.1. The molecule has 3 heterocycles. The molecule has 3 aromatic heterocycles. The number of hydrogen-bond acceptors (Lipinski definition) is 6. The summed E-state index contributed by atoms with van der Waals surface area (Å²) in [6, 6.07) is 7.87. The van der Waals surface area contributed by atoms with Crippen molar-refractivity contribution in [3.63, 3.8) is 0 Å². The number of carbonyl (C=O) groups is 2. The van der Waals surface area contributed by atoms with Crippen LogP contribution in [0.4, 0.5) is 0 Å². The number of nitrogens with zero attached hydrogens (tertiary/aromatic N) is 3. The van der Waals surface area contributed by atoms with E-state index in [2.05, 4.69) is 42.7 Å². The van der Waals surface area contributed by atoms with Gasteiger partial charge < -0.3 is 15.6 Å². The fourth-order valence-electron chi connectivity index (χ4n) is 3.68. The highest BCUT2D eigenvalue weighted by atomic mass is 32.1. The Bertz CT molecular complexity index is 1220. The maximum Gasteiger partial charge on any atom is 0.271 e. The summed E-state index contributed by atoms with van der Waals surface area (Å²) in [6.07, 6.45) is 9.18. The summed E-state index contributed by atoms with van der Waals surface area (Å²) in [5, 5.41) is 9.61. The van der Waals surface area contributed by atoms with Crippen molar-refractivity contribution in [1.82, 2.24) is 30.6 Å². The van der Waals surface area contributed by atoms with Gasteiger partial charge in [0.05, 0.1) is 23.4 Å². The molecule has 0 aliphatic carbocycles. The van der Waals surface area contributed by atoms with Crippen LogP contribution >= 0.6 is 11.3 Å². The summed E-state index contributed by atoms with van der Waals surface area (Å²) in [5.41, 5.74) is 3.92. The minimum atomic E-state index is -0.282. The molecule has 0 fully saturated rings. The molecular weight excluding hydrogens is 436 g/mol. The number of H-pyrrole nitrogens is 1. The van der Waals surface area contributed by atoms with Crippen LogP contribution in [0.1, 0.15) is 54.5 Å². The van der Waals surface area contributed by atoms with Crippen molar-refractivity contribution >= 4 is 33.9 Å². The quantitative estimate of drug-likeness (QED) is 0.305. The van der Waals surface area contributed by atoms with Crippen molar-refractivity contribution < 1.29 is 9.59 Å². The number of fused-ring (bicyclic) bond motifs is 1. The Morgan fingerprint density at radius 3 is 2.82 bits per heavy atom. The molecule has 0 saturated carbocycles. The molecule has 4 rings (SSSR count). The Balaban J connectivity index is 1.48. The molecule has 0 radical (unpaired) electrons. The zero-order valence-corrected chi connectivity index (χ0v) is 19.2. The summed E-state index contributed by atoms with van der Waals surface area (Å²) >= 11 is 1.38. The largest absolute Gasteiger partial charge is 0.359 e. The average Bonchev–Trinajstić information content (AvgIpc) is 3.55. The predicted octanol–water partition coefficient (Wildman–Crippen LogP) is 4.25. The Morgan fingerprint density at radius 2 is 2.00 bits per heavy atom. The van der Waals surface area contributed by atoms with E-state index in [0.717, 1.165) is 41.3 Å². The summed E-state index contributed by atoms with van der Waals surface area (Å²) in [5.74, 6) is 0.525. The van der Waals surface area contributed by atoms with E-state index >= 15 is 0 Å². The van der Waals surface area contributed by atoms with Gasteiger partial charge in [0.15, 0.2) is 0 Å². The molecule has 0 aliphatic heterocycles. The lowest BCUT2D eigenvalue weighted by Gasteiger charge is -2.16. The van der Waals surface area contributed by atoms with Gasteiger partial charge in [0.1, 0.15) is 11.5 Å². The van der Waals surface area contributed by atoms with Crippen LogP contribution in [0.15, 0.2) is 53.7 Å². The molecule has 0 saturated heterocycles. The topological polar surface area (TPSA) is 113 Å². The predicted molar refractivity (Wildman–Crippen MR) is 129 cm³/mol. The summed E-state index contributed by atoms with van der Waals surface area (Å²) in [6.45, 7) is 0. The van der Waals surface area contributed by atoms with Crippen LogP contribution in [-0.4, -0.2) is 38.8 Å². The second-order valence-corrected chi connectivity index (χ2v) is 8.51. The molecule has 0 aliphatic rings. The SMILES string of the molecule is CNC(=O)CCCCC[C@H](NC(=O)c1cscn1)c1ncc(-c2ccc3ccncc3c2)[nH]1. The number of amides is 2. The second-order valence-electron chi connectivity index (χ2n) is 7.79. The number of hydrogen-bond donors (Lipinski definition) is 3. The van der Waals surface area contributed by atoms with Crippen LogP contribution < -0.4 is 10.6 Å².